The quantitative estimate of drug-likeness (QED) is 0.667. The molecule has 0 amide bonds. The van der Waals surface area contributed by atoms with Crippen LogP contribution in [0.3, 0.4) is 0 Å². The highest BCUT2D eigenvalue weighted by Crippen LogP contribution is 2.08. The van der Waals surface area contributed by atoms with E-state index in [4.69, 9.17) is 13.5 Å². The van der Waals surface area contributed by atoms with Crippen molar-refractivity contribution in [1.29, 1.82) is 5.26 Å². The van der Waals surface area contributed by atoms with E-state index in [0.29, 0.717) is 10.5 Å². The van der Waals surface area contributed by atoms with Gasteiger partial charge in [-0.15, -0.1) is 0 Å². The molecule has 0 atom stereocenters. The van der Waals surface area contributed by atoms with E-state index in [1.165, 1.54) is 6.07 Å². The zero-order valence-corrected chi connectivity index (χ0v) is 6.41. The summed E-state index contributed by atoms with van der Waals surface area (Å²) in [5, 5.41) is 8.89. The summed E-state index contributed by atoms with van der Waals surface area (Å²) in [6.07, 6.45) is 0. The SMILES string of the molecule is [2H]C([2H])([2H])N(Cc1ccccc1C#N)C([2H])([2H])[2H]. The second kappa shape index (κ2) is 3.89. The van der Waals surface area contributed by atoms with Crippen molar-refractivity contribution < 1.29 is 8.22 Å². The summed E-state index contributed by atoms with van der Waals surface area (Å²) in [4.78, 5) is 0.427. The van der Waals surface area contributed by atoms with Crippen molar-refractivity contribution in [3.63, 3.8) is 0 Å². The van der Waals surface area contributed by atoms with E-state index in [1.54, 1.807) is 18.2 Å². The van der Waals surface area contributed by atoms with E-state index < -0.39 is 14.0 Å². The smallest absolute Gasteiger partial charge is 0.0995 e. The molecule has 1 aromatic rings. The Labute approximate surface area is 81.5 Å². The number of hydrogen-bond acceptors (Lipinski definition) is 2. The fourth-order valence-corrected chi connectivity index (χ4v) is 0.938. The van der Waals surface area contributed by atoms with Crippen molar-refractivity contribution in [2.75, 3.05) is 14.0 Å². The zero-order chi connectivity index (χ0) is 14.0. The van der Waals surface area contributed by atoms with E-state index in [2.05, 4.69) is 0 Å². The van der Waals surface area contributed by atoms with Gasteiger partial charge in [0, 0.05) is 14.8 Å². The summed E-state index contributed by atoms with van der Waals surface area (Å²) in [7, 11) is 0. The van der Waals surface area contributed by atoms with Crippen molar-refractivity contribution >= 4 is 0 Å². The van der Waals surface area contributed by atoms with E-state index in [0.717, 1.165) is 0 Å². The van der Waals surface area contributed by atoms with Gasteiger partial charge >= 0.3 is 0 Å². The first-order valence-corrected chi connectivity index (χ1v) is 3.42. The average molecular weight is 166 g/mol. The highest BCUT2D eigenvalue weighted by Gasteiger charge is 2.00. The van der Waals surface area contributed by atoms with Gasteiger partial charge in [-0.25, -0.2) is 0 Å². The molecule has 1 rings (SSSR count). The molecule has 2 nitrogen and oxygen atoms in total. The molecule has 62 valence electrons. The number of benzene rings is 1. The largest absolute Gasteiger partial charge is 0.305 e. The van der Waals surface area contributed by atoms with Gasteiger partial charge in [0.2, 0.25) is 0 Å². The molecule has 0 saturated heterocycles. The van der Waals surface area contributed by atoms with Crippen molar-refractivity contribution in [1.82, 2.24) is 4.90 Å². The Bertz CT molecular complexity index is 443. The van der Waals surface area contributed by atoms with Crippen LogP contribution in [0.1, 0.15) is 19.4 Å². The van der Waals surface area contributed by atoms with Crippen LogP contribution in [0, 0.1) is 11.3 Å². The van der Waals surface area contributed by atoms with Crippen LogP contribution < -0.4 is 0 Å². The van der Waals surface area contributed by atoms with E-state index in [9.17, 15) is 0 Å². The first kappa shape index (κ1) is 3.59. The number of nitriles is 1. The van der Waals surface area contributed by atoms with Crippen molar-refractivity contribution in [2.45, 2.75) is 6.54 Å². The van der Waals surface area contributed by atoms with Crippen LogP contribution >= 0.6 is 0 Å². The van der Waals surface area contributed by atoms with Crippen molar-refractivity contribution in [2.24, 2.45) is 0 Å². The lowest BCUT2D eigenvalue weighted by Crippen LogP contribution is -2.11. The molecule has 12 heavy (non-hydrogen) atoms. The Kier molecular flexibility index (Phi) is 1.16. The van der Waals surface area contributed by atoms with Crippen LogP contribution in [0.25, 0.3) is 0 Å². The molecule has 0 bridgehead atoms. The molecule has 0 fully saturated rings. The summed E-state index contributed by atoms with van der Waals surface area (Å²) in [6, 6.07) is 8.24. The Morgan fingerprint density at radius 2 is 2.25 bits per heavy atom. The summed E-state index contributed by atoms with van der Waals surface area (Å²) in [5.41, 5.74) is 0.656. The number of nitrogens with zero attached hydrogens (tertiary/aromatic N) is 2. The highest BCUT2D eigenvalue weighted by molar-refractivity contribution is 5.37. The minimum absolute atomic E-state index is 0.274. The predicted octanol–water partition coefficient (Wildman–Crippen LogP) is 1.62. The topological polar surface area (TPSA) is 27.0 Å². The van der Waals surface area contributed by atoms with E-state index in [-0.39, 0.29) is 12.1 Å². The number of hydrogen-bond donors (Lipinski definition) is 0. The van der Waals surface area contributed by atoms with E-state index in [1.807, 2.05) is 6.07 Å². The Balaban J connectivity index is 3.10. The highest BCUT2D eigenvalue weighted by atomic mass is 15.0. The fraction of sp³-hybridized carbons (Fsp3) is 0.300. The minimum Gasteiger partial charge on any atom is -0.305 e. The van der Waals surface area contributed by atoms with Gasteiger partial charge in [0.15, 0.2) is 0 Å². The van der Waals surface area contributed by atoms with Crippen LogP contribution in [0.4, 0.5) is 0 Å². The van der Waals surface area contributed by atoms with Gasteiger partial charge in [-0.05, 0) is 25.6 Å². The van der Waals surface area contributed by atoms with Gasteiger partial charge in [0.25, 0.3) is 0 Å². The monoisotopic (exact) mass is 166 g/mol. The summed E-state index contributed by atoms with van der Waals surface area (Å²) < 4.78 is 43.4. The maximum absolute atomic E-state index is 8.89. The maximum atomic E-state index is 8.89. The molecule has 0 saturated carbocycles. The fourth-order valence-electron chi connectivity index (χ4n) is 0.938. The lowest BCUT2D eigenvalue weighted by molar-refractivity contribution is 0.402. The van der Waals surface area contributed by atoms with Gasteiger partial charge in [0.05, 0.1) is 11.6 Å². The van der Waals surface area contributed by atoms with Crippen LogP contribution in [-0.4, -0.2) is 18.9 Å². The first-order chi connectivity index (χ1) is 8.16. The third-order valence-electron chi connectivity index (χ3n) is 1.47. The maximum Gasteiger partial charge on any atom is 0.0995 e. The molecule has 2 heteroatoms. The number of rotatable bonds is 2. The molecule has 0 heterocycles. The molecular formula is C10H12N2. The van der Waals surface area contributed by atoms with Crippen LogP contribution in [0.2, 0.25) is 0 Å². The van der Waals surface area contributed by atoms with Gasteiger partial charge in [-0.3, -0.25) is 0 Å². The minimum atomic E-state index is -2.74. The first-order valence-electron chi connectivity index (χ1n) is 6.42. The van der Waals surface area contributed by atoms with Gasteiger partial charge in [-0.1, -0.05) is 18.2 Å². The summed E-state index contributed by atoms with van der Waals surface area (Å²) >= 11 is 0. The third-order valence-corrected chi connectivity index (χ3v) is 1.47. The lowest BCUT2D eigenvalue weighted by Gasteiger charge is -2.10. The van der Waals surface area contributed by atoms with Crippen LogP contribution in [0.15, 0.2) is 24.3 Å². The molecule has 1 aromatic carbocycles. The Hall–Kier alpha value is -1.33. The second-order valence-corrected chi connectivity index (χ2v) is 2.36. The molecular weight excluding hydrogens is 148 g/mol. The lowest BCUT2D eigenvalue weighted by atomic mass is 10.1. The summed E-state index contributed by atoms with van der Waals surface area (Å²) in [5.74, 6) is 0. The zero-order valence-electron chi connectivity index (χ0n) is 12.4. The molecule has 0 spiro atoms. The molecule has 0 unspecified atom stereocenters. The second-order valence-electron chi connectivity index (χ2n) is 2.36. The Morgan fingerprint density at radius 1 is 1.50 bits per heavy atom. The standard InChI is InChI=1S/C10H12N2/c1-12(2)8-10-6-4-3-5-9(10)7-11/h3-6H,8H2,1-2H3/i1D3,2D3. The molecule has 0 aliphatic carbocycles. The third kappa shape index (κ3) is 2.08. The molecule has 0 aliphatic rings. The molecule has 0 radical (unpaired) electrons. The van der Waals surface area contributed by atoms with Crippen molar-refractivity contribution in [3.8, 4) is 6.07 Å². The van der Waals surface area contributed by atoms with Crippen molar-refractivity contribution in [3.05, 3.63) is 35.4 Å². The van der Waals surface area contributed by atoms with Crippen LogP contribution in [-0.2, 0) is 6.54 Å². The van der Waals surface area contributed by atoms with Gasteiger partial charge in [-0.2, -0.15) is 5.26 Å². The van der Waals surface area contributed by atoms with Gasteiger partial charge < -0.3 is 4.90 Å². The van der Waals surface area contributed by atoms with E-state index >= 15 is 0 Å². The molecule has 0 aromatic heterocycles. The summed E-state index contributed by atoms with van der Waals surface area (Å²) in [6.45, 7) is -5.81. The normalized spacial score (nSPS) is 19.3. The Morgan fingerprint density at radius 3 is 2.92 bits per heavy atom. The molecule has 0 aliphatic heterocycles. The van der Waals surface area contributed by atoms with Gasteiger partial charge in [0.1, 0.15) is 0 Å². The van der Waals surface area contributed by atoms with Crippen LogP contribution in [0.5, 0.6) is 0 Å². The average Bonchev–Trinajstić information content (AvgIpc) is 2.23. The predicted molar refractivity (Wildman–Crippen MR) is 48.5 cm³/mol. The molecule has 0 N–H and O–H groups in total.